The summed E-state index contributed by atoms with van der Waals surface area (Å²) in [6.45, 7) is 4.03. The van der Waals surface area contributed by atoms with E-state index < -0.39 is 0 Å². The van der Waals surface area contributed by atoms with E-state index in [1.807, 2.05) is 44.5 Å². The van der Waals surface area contributed by atoms with Crippen LogP contribution in [0.1, 0.15) is 13.8 Å². The Labute approximate surface area is 72.8 Å². The molecule has 0 amide bonds. The predicted octanol–water partition coefficient (Wildman–Crippen LogP) is 1.24. The van der Waals surface area contributed by atoms with Crippen molar-refractivity contribution in [3.8, 4) is 0 Å². The minimum Gasteiger partial charge on any atom is -0.264 e. The lowest BCUT2D eigenvalue weighted by molar-refractivity contribution is 1.27. The van der Waals surface area contributed by atoms with Crippen LogP contribution in [0.4, 0.5) is 0 Å². The van der Waals surface area contributed by atoms with Crippen molar-refractivity contribution in [3.05, 3.63) is 41.0 Å². The minimum atomic E-state index is 1.16. The van der Waals surface area contributed by atoms with Gasteiger partial charge in [-0.15, -0.1) is 0 Å². The highest BCUT2D eigenvalue weighted by Crippen LogP contribution is 1.71. The number of aromatic nitrogens is 1. The van der Waals surface area contributed by atoms with E-state index in [2.05, 4.69) is 17.1 Å². The van der Waals surface area contributed by atoms with Crippen LogP contribution in [0.5, 0.6) is 0 Å². The Kier molecular flexibility index (Phi) is 3.27. The number of hydrogen-bond donors (Lipinski definition) is 0. The Hall–Kier alpha value is -1.37. The molecule has 1 aromatic rings. The molecule has 0 atom stereocenters. The van der Waals surface area contributed by atoms with Gasteiger partial charge in [-0.05, 0) is 30.4 Å². The summed E-state index contributed by atoms with van der Waals surface area (Å²) < 4.78 is 0. The molecule has 62 valence electrons. The quantitative estimate of drug-likeness (QED) is 0.600. The van der Waals surface area contributed by atoms with Gasteiger partial charge in [-0.3, -0.25) is 4.98 Å². The Morgan fingerprint density at radius 3 is 2.75 bits per heavy atom. The van der Waals surface area contributed by atoms with Crippen LogP contribution in [0, 0.1) is 0 Å². The first-order valence-corrected chi connectivity index (χ1v) is 4.08. The summed E-state index contributed by atoms with van der Waals surface area (Å²) in [4.78, 5) is 4.06. The molecule has 0 saturated carbocycles. The van der Waals surface area contributed by atoms with Gasteiger partial charge in [0, 0.05) is 12.4 Å². The first-order valence-electron chi connectivity index (χ1n) is 4.08. The Morgan fingerprint density at radius 1 is 1.25 bits per heavy atom. The highest BCUT2D eigenvalue weighted by Gasteiger charge is 1.79. The fourth-order valence-corrected chi connectivity index (χ4v) is 1.02. The molecule has 0 unspecified atom stereocenters. The fraction of sp³-hybridized carbons (Fsp3) is 0.182. The van der Waals surface area contributed by atoms with Gasteiger partial charge in [-0.2, -0.15) is 0 Å². The zero-order valence-corrected chi connectivity index (χ0v) is 7.49. The second kappa shape index (κ2) is 4.50. The lowest BCUT2D eigenvalue weighted by atomic mass is 10.2. The lowest BCUT2D eigenvalue weighted by Gasteiger charge is -1.85. The SMILES string of the molecule is C\C=C/C=c1/cncc/c1=C/C. The van der Waals surface area contributed by atoms with Crippen LogP contribution in [0.3, 0.4) is 0 Å². The van der Waals surface area contributed by atoms with Crippen molar-refractivity contribution in [2.24, 2.45) is 0 Å². The van der Waals surface area contributed by atoms with Crippen molar-refractivity contribution in [3.63, 3.8) is 0 Å². The van der Waals surface area contributed by atoms with E-state index in [-0.39, 0.29) is 0 Å². The fourth-order valence-electron chi connectivity index (χ4n) is 1.02. The minimum absolute atomic E-state index is 1.16. The van der Waals surface area contributed by atoms with Crippen LogP contribution in [0.15, 0.2) is 30.6 Å². The smallest absolute Gasteiger partial charge is 0.0346 e. The van der Waals surface area contributed by atoms with Crippen molar-refractivity contribution >= 4 is 12.2 Å². The first-order chi connectivity index (χ1) is 5.88. The number of allylic oxidation sites excluding steroid dienone is 2. The van der Waals surface area contributed by atoms with E-state index in [4.69, 9.17) is 0 Å². The van der Waals surface area contributed by atoms with E-state index in [1.54, 1.807) is 0 Å². The first kappa shape index (κ1) is 8.72. The van der Waals surface area contributed by atoms with Crippen LogP contribution in [-0.2, 0) is 0 Å². The van der Waals surface area contributed by atoms with Crippen molar-refractivity contribution in [2.75, 3.05) is 0 Å². The van der Waals surface area contributed by atoms with Crippen molar-refractivity contribution in [2.45, 2.75) is 13.8 Å². The summed E-state index contributed by atoms with van der Waals surface area (Å²) >= 11 is 0. The third kappa shape index (κ3) is 2.06. The average molecular weight is 159 g/mol. The van der Waals surface area contributed by atoms with E-state index >= 15 is 0 Å². The molecule has 0 aliphatic rings. The van der Waals surface area contributed by atoms with Crippen LogP contribution in [-0.4, -0.2) is 4.98 Å². The lowest BCUT2D eigenvalue weighted by Crippen LogP contribution is -2.23. The Morgan fingerprint density at radius 2 is 2.08 bits per heavy atom. The van der Waals surface area contributed by atoms with Crippen molar-refractivity contribution in [1.82, 2.24) is 4.98 Å². The molecular weight excluding hydrogens is 146 g/mol. The standard InChI is InChI=1S/C11H13N/c1-3-5-6-11-9-12-8-7-10(11)4-2/h3-9H,1-2H3/b5-3-,10-4-,11-6-. The maximum absolute atomic E-state index is 4.06. The molecule has 0 aliphatic heterocycles. The van der Waals surface area contributed by atoms with Crippen molar-refractivity contribution < 1.29 is 0 Å². The number of nitrogens with zero attached hydrogens (tertiary/aromatic N) is 1. The van der Waals surface area contributed by atoms with E-state index in [0.717, 1.165) is 5.22 Å². The third-order valence-electron chi connectivity index (χ3n) is 1.67. The molecule has 1 heteroatoms. The zero-order chi connectivity index (χ0) is 8.81. The number of hydrogen-bond acceptors (Lipinski definition) is 1. The molecule has 1 rings (SSSR count). The summed E-state index contributed by atoms with van der Waals surface area (Å²) in [7, 11) is 0. The van der Waals surface area contributed by atoms with Crippen LogP contribution in [0.2, 0.25) is 0 Å². The van der Waals surface area contributed by atoms with Crippen LogP contribution >= 0.6 is 0 Å². The van der Waals surface area contributed by atoms with Gasteiger partial charge >= 0.3 is 0 Å². The molecule has 0 bridgehead atoms. The average Bonchev–Trinajstić information content (AvgIpc) is 2.15. The third-order valence-corrected chi connectivity index (χ3v) is 1.67. The molecule has 1 nitrogen and oxygen atoms in total. The summed E-state index contributed by atoms with van der Waals surface area (Å²) in [5.74, 6) is 0. The van der Waals surface area contributed by atoms with Gasteiger partial charge in [0.25, 0.3) is 0 Å². The summed E-state index contributed by atoms with van der Waals surface area (Å²) in [5.41, 5.74) is 0. The van der Waals surface area contributed by atoms with E-state index in [0.29, 0.717) is 0 Å². The van der Waals surface area contributed by atoms with Gasteiger partial charge in [0.1, 0.15) is 0 Å². The second-order valence-electron chi connectivity index (χ2n) is 2.49. The highest BCUT2D eigenvalue weighted by molar-refractivity contribution is 5.37. The molecule has 0 aliphatic carbocycles. The maximum atomic E-state index is 4.06. The largest absolute Gasteiger partial charge is 0.264 e. The number of rotatable bonds is 1. The molecule has 0 aromatic carbocycles. The topological polar surface area (TPSA) is 12.9 Å². The summed E-state index contributed by atoms with van der Waals surface area (Å²) in [5, 5.41) is 2.39. The molecule has 1 heterocycles. The molecule has 0 radical (unpaired) electrons. The van der Waals surface area contributed by atoms with E-state index in [9.17, 15) is 0 Å². The van der Waals surface area contributed by atoms with Gasteiger partial charge < -0.3 is 0 Å². The Bertz CT molecular complexity index is 374. The molecule has 0 N–H and O–H groups in total. The maximum Gasteiger partial charge on any atom is 0.0346 e. The van der Waals surface area contributed by atoms with Gasteiger partial charge in [0.05, 0.1) is 0 Å². The molecule has 0 fully saturated rings. The molecular formula is C11H13N. The normalized spacial score (nSPS) is 14.5. The van der Waals surface area contributed by atoms with Crippen molar-refractivity contribution in [1.29, 1.82) is 0 Å². The molecule has 1 aromatic heterocycles. The second-order valence-corrected chi connectivity index (χ2v) is 2.49. The van der Waals surface area contributed by atoms with Crippen LogP contribution < -0.4 is 10.4 Å². The molecule has 0 saturated heterocycles. The molecule has 0 spiro atoms. The summed E-state index contributed by atoms with van der Waals surface area (Å²) in [6, 6.07) is 2.01. The monoisotopic (exact) mass is 159 g/mol. The predicted molar refractivity (Wildman–Crippen MR) is 52.9 cm³/mol. The van der Waals surface area contributed by atoms with Gasteiger partial charge in [0.2, 0.25) is 0 Å². The molecule has 12 heavy (non-hydrogen) atoms. The Balaban J connectivity index is 3.33. The van der Waals surface area contributed by atoms with E-state index in [1.165, 1.54) is 5.22 Å². The van der Waals surface area contributed by atoms with Gasteiger partial charge in [-0.1, -0.05) is 24.3 Å². The van der Waals surface area contributed by atoms with Crippen LogP contribution in [0.25, 0.3) is 12.2 Å². The zero-order valence-electron chi connectivity index (χ0n) is 7.49. The summed E-state index contributed by atoms with van der Waals surface area (Å²) in [6.07, 6.45) is 11.8. The van der Waals surface area contributed by atoms with Gasteiger partial charge in [-0.25, -0.2) is 0 Å². The number of pyridine rings is 1. The highest BCUT2D eigenvalue weighted by atomic mass is 14.6. The van der Waals surface area contributed by atoms with Gasteiger partial charge in [0.15, 0.2) is 0 Å².